The van der Waals surface area contributed by atoms with Crippen molar-refractivity contribution in [2.75, 3.05) is 53.0 Å². The number of carbonyl (C=O) groups excluding carboxylic acids is 1. The highest BCUT2D eigenvalue weighted by Gasteiger charge is 2.59. The molecule has 2 atom stereocenters. The Morgan fingerprint density at radius 2 is 2.00 bits per heavy atom. The molecule has 5 nitrogen and oxygen atoms in total. The van der Waals surface area contributed by atoms with Gasteiger partial charge in [-0.2, -0.15) is 0 Å². The average Bonchev–Trinajstić information content (AvgIpc) is 3.46. The molecule has 2 aliphatic heterocycles. The largest absolute Gasteiger partial charge is 0.381 e. The highest BCUT2D eigenvalue weighted by Crippen LogP contribution is 2.59. The predicted octanol–water partition coefficient (Wildman–Crippen LogP) is 1.37. The van der Waals surface area contributed by atoms with Crippen LogP contribution in [0.25, 0.3) is 0 Å². The fraction of sp³-hybridized carbons (Fsp3) is 0.944. The topological polar surface area (TPSA) is 42.0 Å². The van der Waals surface area contributed by atoms with Crippen LogP contribution >= 0.6 is 0 Å². The number of amides is 1. The first-order valence-corrected chi connectivity index (χ1v) is 9.33. The van der Waals surface area contributed by atoms with Crippen molar-refractivity contribution in [2.45, 2.75) is 38.2 Å². The smallest absolute Gasteiger partial charge is 0.226 e. The van der Waals surface area contributed by atoms with E-state index in [1.807, 2.05) is 0 Å². The van der Waals surface area contributed by atoms with E-state index < -0.39 is 0 Å². The summed E-state index contributed by atoms with van der Waals surface area (Å²) in [5.41, 5.74) is 0.279. The molecule has 4 fully saturated rings. The van der Waals surface area contributed by atoms with Gasteiger partial charge in [0.05, 0.1) is 12.7 Å². The van der Waals surface area contributed by atoms with Gasteiger partial charge in [-0.1, -0.05) is 0 Å². The second-order valence-corrected chi connectivity index (χ2v) is 8.17. The van der Waals surface area contributed by atoms with Crippen LogP contribution in [0.2, 0.25) is 0 Å². The molecule has 1 spiro atoms. The zero-order valence-electron chi connectivity index (χ0n) is 14.3. The van der Waals surface area contributed by atoms with Crippen molar-refractivity contribution in [3.05, 3.63) is 0 Å². The van der Waals surface area contributed by atoms with Crippen molar-refractivity contribution in [1.29, 1.82) is 0 Å². The first-order valence-electron chi connectivity index (χ1n) is 9.33. The Morgan fingerprint density at radius 3 is 2.70 bits per heavy atom. The summed E-state index contributed by atoms with van der Waals surface area (Å²) < 4.78 is 11.4. The summed E-state index contributed by atoms with van der Waals surface area (Å²) in [6.45, 7) is 6.13. The van der Waals surface area contributed by atoms with Gasteiger partial charge in [-0.25, -0.2) is 0 Å². The van der Waals surface area contributed by atoms with E-state index in [2.05, 4.69) is 16.8 Å². The number of likely N-dealkylation sites (N-methyl/N-ethyl adjacent to an activating group) is 1. The van der Waals surface area contributed by atoms with Crippen LogP contribution < -0.4 is 0 Å². The summed E-state index contributed by atoms with van der Waals surface area (Å²) in [5, 5.41) is 0. The Morgan fingerprint density at radius 1 is 1.22 bits per heavy atom. The molecule has 130 valence electrons. The Bertz CT molecular complexity index is 446. The molecule has 0 aromatic heterocycles. The lowest BCUT2D eigenvalue weighted by Crippen LogP contribution is -2.48. The standard InChI is InChI=1S/C18H30N2O3/c1-19-6-9-23-15(12-19)13-20(11-14-2-3-14)17(21)16-10-18(16)4-7-22-8-5-18/h14-16H,2-13H2,1H3/t15-,16-/m0/s1. The molecular formula is C18H30N2O3. The number of rotatable bonds is 5. The third-order valence-electron chi connectivity index (χ3n) is 6.23. The molecule has 0 unspecified atom stereocenters. The molecule has 23 heavy (non-hydrogen) atoms. The number of ether oxygens (including phenoxy) is 2. The number of carbonyl (C=O) groups is 1. The SMILES string of the molecule is CN1CCO[C@H](CN(CC2CC2)C(=O)[C@@H]2CC23CCOCC3)C1. The second-order valence-electron chi connectivity index (χ2n) is 8.17. The molecule has 0 radical (unpaired) electrons. The molecule has 0 N–H and O–H groups in total. The first kappa shape index (κ1) is 15.9. The van der Waals surface area contributed by atoms with Gasteiger partial charge in [-0.05, 0) is 50.5 Å². The van der Waals surface area contributed by atoms with E-state index in [1.54, 1.807) is 0 Å². The summed E-state index contributed by atoms with van der Waals surface area (Å²) in [4.78, 5) is 17.6. The summed E-state index contributed by atoms with van der Waals surface area (Å²) in [6.07, 6.45) is 5.99. The van der Waals surface area contributed by atoms with E-state index in [9.17, 15) is 4.79 Å². The summed E-state index contributed by atoms with van der Waals surface area (Å²) in [7, 11) is 2.14. The summed E-state index contributed by atoms with van der Waals surface area (Å²) >= 11 is 0. The number of hydrogen-bond acceptors (Lipinski definition) is 4. The molecule has 0 aromatic rings. The summed E-state index contributed by atoms with van der Waals surface area (Å²) in [6, 6.07) is 0. The average molecular weight is 322 g/mol. The van der Waals surface area contributed by atoms with Crippen LogP contribution in [0.5, 0.6) is 0 Å². The van der Waals surface area contributed by atoms with E-state index in [-0.39, 0.29) is 17.4 Å². The molecule has 1 amide bonds. The maximum atomic E-state index is 13.1. The van der Waals surface area contributed by atoms with Crippen LogP contribution in [-0.4, -0.2) is 74.9 Å². The minimum Gasteiger partial charge on any atom is -0.381 e. The van der Waals surface area contributed by atoms with Crippen molar-refractivity contribution in [3.8, 4) is 0 Å². The van der Waals surface area contributed by atoms with Gasteiger partial charge in [-0.3, -0.25) is 4.79 Å². The van der Waals surface area contributed by atoms with Crippen molar-refractivity contribution in [2.24, 2.45) is 17.3 Å². The van der Waals surface area contributed by atoms with E-state index in [0.29, 0.717) is 5.91 Å². The van der Waals surface area contributed by atoms with Gasteiger partial charge in [0.25, 0.3) is 0 Å². The number of nitrogens with zero attached hydrogens (tertiary/aromatic N) is 2. The van der Waals surface area contributed by atoms with Crippen LogP contribution in [0.3, 0.4) is 0 Å². The first-order chi connectivity index (χ1) is 11.2. The quantitative estimate of drug-likeness (QED) is 0.767. The molecule has 4 rings (SSSR count). The second kappa shape index (κ2) is 6.34. The zero-order chi connectivity index (χ0) is 15.9. The van der Waals surface area contributed by atoms with E-state index in [0.717, 1.165) is 71.2 Å². The number of hydrogen-bond donors (Lipinski definition) is 0. The molecular weight excluding hydrogens is 292 g/mol. The summed E-state index contributed by atoms with van der Waals surface area (Å²) in [5.74, 6) is 1.40. The molecule has 2 saturated heterocycles. The molecule has 5 heteroatoms. The Hall–Kier alpha value is -0.650. The number of morpholine rings is 1. The predicted molar refractivity (Wildman–Crippen MR) is 87.1 cm³/mol. The van der Waals surface area contributed by atoms with Crippen molar-refractivity contribution < 1.29 is 14.3 Å². The normalized spacial score (nSPS) is 33.6. The maximum Gasteiger partial charge on any atom is 0.226 e. The molecule has 4 aliphatic rings. The molecule has 2 aliphatic carbocycles. The minimum atomic E-state index is 0.181. The van der Waals surface area contributed by atoms with E-state index in [4.69, 9.17) is 9.47 Å². The van der Waals surface area contributed by atoms with Gasteiger partial charge in [0.15, 0.2) is 0 Å². The highest BCUT2D eigenvalue weighted by molar-refractivity contribution is 5.82. The van der Waals surface area contributed by atoms with Crippen molar-refractivity contribution >= 4 is 5.91 Å². The fourth-order valence-corrected chi connectivity index (χ4v) is 4.34. The Labute approximate surface area is 139 Å². The van der Waals surface area contributed by atoms with Crippen LogP contribution in [0, 0.1) is 17.3 Å². The molecule has 2 saturated carbocycles. The minimum absolute atomic E-state index is 0.181. The van der Waals surface area contributed by atoms with Crippen molar-refractivity contribution in [1.82, 2.24) is 9.80 Å². The van der Waals surface area contributed by atoms with E-state index in [1.165, 1.54) is 12.8 Å². The van der Waals surface area contributed by atoms with Gasteiger partial charge in [0.2, 0.25) is 5.91 Å². The third-order valence-corrected chi connectivity index (χ3v) is 6.23. The van der Waals surface area contributed by atoms with Gasteiger partial charge < -0.3 is 19.3 Å². The van der Waals surface area contributed by atoms with Gasteiger partial charge in [0.1, 0.15) is 0 Å². The molecule has 0 aromatic carbocycles. The third kappa shape index (κ3) is 3.57. The van der Waals surface area contributed by atoms with Crippen LogP contribution in [0.1, 0.15) is 32.1 Å². The van der Waals surface area contributed by atoms with Gasteiger partial charge in [-0.15, -0.1) is 0 Å². The molecule has 2 heterocycles. The monoisotopic (exact) mass is 322 g/mol. The van der Waals surface area contributed by atoms with Gasteiger partial charge >= 0.3 is 0 Å². The lowest BCUT2D eigenvalue weighted by atomic mass is 9.93. The van der Waals surface area contributed by atoms with Crippen LogP contribution in [0.4, 0.5) is 0 Å². The zero-order valence-corrected chi connectivity index (χ0v) is 14.3. The van der Waals surface area contributed by atoms with Crippen LogP contribution in [-0.2, 0) is 14.3 Å². The highest BCUT2D eigenvalue weighted by atomic mass is 16.5. The van der Waals surface area contributed by atoms with Crippen molar-refractivity contribution in [3.63, 3.8) is 0 Å². The Balaban J connectivity index is 1.38. The fourth-order valence-electron chi connectivity index (χ4n) is 4.34. The van der Waals surface area contributed by atoms with E-state index >= 15 is 0 Å². The lowest BCUT2D eigenvalue weighted by molar-refractivity contribution is -0.137. The maximum absolute atomic E-state index is 13.1. The lowest BCUT2D eigenvalue weighted by Gasteiger charge is -2.34. The Kier molecular flexibility index (Phi) is 4.37. The molecule has 0 bridgehead atoms. The van der Waals surface area contributed by atoms with Crippen LogP contribution in [0.15, 0.2) is 0 Å². The van der Waals surface area contributed by atoms with Gasteiger partial charge in [0, 0.05) is 45.3 Å².